The quantitative estimate of drug-likeness (QED) is 0.637. The predicted molar refractivity (Wildman–Crippen MR) is 114 cm³/mol. The minimum Gasteiger partial charge on any atom is -0.368 e. The molecule has 2 aromatic carbocycles. The summed E-state index contributed by atoms with van der Waals surface area (Å²) < 4.78 is 5.96. The molecule has 1 fully saturated rings. The highest BCUT2D eigenvalue weighted by Crippen LogP contribution is 2.22. The monoisotopic (exact) mass is 386 g/mol. The standard InChI is InChI=1S/C25H26N2O2/c28-25(15-14-20-8-3-1-4-9-20)27-16-17-29-24(19-27)23-13-7-12-22(26-23)18-21-10-5-2-6-11-21/h1-13,24H,14-19H2/t24-/m0/s1. The highest BCUT2D eigenvalue weighted by molar-refractivity contribution is 5.76. The van der Waals surface area contributed by atoms with Gasteiger partial charge in [-0.25, -0.2) is 0 Å². The van der Waals surface area contributed by atoms with Crippen molar-refractivity contribution in [1.82, 2.24) is 9.88 Å². The maximum Gasteiger partial charge on any atom is 0.223 e. The van der Waals surface area contributed by atoms with Gasteiger partial charge in [-0.15, -0.1) is 0 Å². The normalized spacial score (nSPS) is 16.6. The molecule has 0 bridgehead atoms. The van der Waals surface area contributed by atoms with Gasteiger partial charge in [-0.05, 0) is 29.7 Å². The van der Waals surface area contributed by atoms with E-state index >= 15 is 0 Å². The zero-order valence-electron chi connectivity index (χ0n) is 16.5. The summed E-state index contributed by atoms with van der Waals surface area (Å²) >= 11 is 0. The first kappa shape index (κ1) is 19.3. The molecule has 4 heteroatoms. The fourth-order valence-corrected chi connectivity index (χ4v) is 3.69. The third-order valence-electron chi connectivity index (χ3n) is 5.28. The number of pyridine rings is 1. The molecule has 0 saturated carbocycles. The SMILES string of the molecule is O=C(CCc1ccccc1)N1CCO[C@H](c2cccc(Cc3ccccc3)n2)C1. The molecule has 0 radical (unpaired) electrons. The molecule has 0 spiro atoms. The van der Waals surface area contributed by atoms with Gasteiger partial charge in [0.05, 0.1) is 18.8 Å². The Kier molecular flexibility index (Phi) is 6.32. The van der Waals surface area contributed by atoms with Crippen LogP contribution >= 0.6 is 0 Å². The summed E-state index contributed by atoms with van der Waals surface area (Å²) in [7, 11) is 0. The van der Waals surface area contributed by atoms with Gasteiger partial charge in [-0.3, -0.25) is 9.78 Å². The number of carbonyl (C=O) groups is 1. The Morgan fingerprint density at radius 2 is 1.66 bits per heavy atom. The van der Waals surface area contributed by atoms with Crippen molar-refractivity contribution in [2.45, 2.75) is 25.4 Å². The summed E-state index contributed by atoms with van der Waals surface area (Å²) in [6.07, 6.45) is 1.92. The van der Waals surface area contributed by atoms with Crippen molar-refractivity contribution in [2.75, 3.05) is 19.7 Å². The van der Waals surface area contributed by atoms with Crippen LogP contribution in [0.1, 0.15) is 35.0 Å². The van der Waals surface area contributed by atoms with Gasteiger partial charge in [-0.1, -0.05) is 66.7 Å². The number of hydrogen-bond acceptors (Lipinski definition) is 3. The molecule has 0 aliphatic carbocycles. The Morgan fingerprint density at radius 1 is 0.931 bits per heavy atom. The highest BCUT2D eigenvalue weighted by Gasteiger charge is 2.26. The van der Waals surface area contributed by atoms with E-state index < -0.39 is 0 Å². The van der Waals surface area contributed by atoms with E-state index in [4.69, 9.17) is 9.72 Å². The van der Waals surface area contributed by atoms with Gasteiger partial charge < -0.3 is 9.64 Å². The zero-order chi connectivity index (χ0) is 19.9. The van der Waals surface area contributed by atoms with E-state index in [0.717, 1.165) is 24.2 Å². The minimum absolute atomic E-state index is 0.167. The maximum atomic E-state index is 12.7. The summed E-state index contributed by atoms with van der Waals surface area (Å²) in [5.41, 5.74) is 4.35. The number of aryl methyl sites for hydroxylation is 1. The second-order valence-electron chi connectivity index (χ2n) is 7.40. The molecular formula is C25H26N2O2. The fraction of sp³-hybridized carbons (Fsp3) is 0.280. The van der Waals surface area contributed by atoms with Gasteiger partial charge in [0.2, 0.25) is 5.91 Å². The molecule has 0 N–H and O–H groups in total. The molecule has 0 unspecified atom stereocenters. The van der Waals surface area contributed by atoms with Crippen LogP contribution in [0.3, 0.4) is 0 Å². The lowest BCUT2D eigenvalue weighted by molar-refractivity contribution is -0.139. The highest BCUT2D eigenvalue weighted by atomic mass is 16.5. The number of hydrogen-bond donors (Lipinski definition) is 0. The van der Waals surface area contributed by atoms with Crippen LogP contribution in [0.15, 0.2) is 78.9 Å². The molecule has 1 aromatic heterocycles. The molecule has 2 heterocycles. The largest absolute Gasteiger partial charge is 0.368 e. The Hall–Kier alpha value is -2.98. The molecule has 1 aliphatic rings. The topological polar surface area (TPSA) is 42.4 Å². The number of nitrogens with zero attached hydrogens (tertiary/aromatic N) is 2. The Morgan fingerprint density at radius 3 is 2.41 bits per heavy atom. The first-order valence-electron chi connectivity index (χ1n) is 10.2. The zero-order valence-corrected chi connectivity index (χ0v) is 16.5. The average molecular weight is 386 g/mol. The van der Waals surface area contributed by atoms with Crippen LogP contribution in [0.4, 0.5) is 0 Å². The van der Waals surface area contributed by atoms with E-state index in [1.165, 1.54) is 11.1 Å². The number of rotatable bonds is 6. The van der Waals surface area contributed by atoms with Crippen molar-refractivity contribution in [3.63, 3.8) is 0 Å². The Balaban J connectivity index is 1.38. The van der Waals surface area contributed by atoms with E-state index in [2.05, 4.69) is 24.3 Å². The number of benzene rings is 2. The molecule has 1 amide bonds. The van der Waals surface area contributed by atoms with Crippen LogP contribution < -0.4 is 0 Å². The number of ether oxygens (including phenoxy) is 1. The lowest BCUT2D eigenvalue weighted by atomic mass is 10.1. The van der Waals surface area contributed by atoms with E-state index in [9.17, 15) is 4.79 Å². The summed E-state index contributed by atoms with van der Waals surface area (Å²) in [5.74, 6) is 0.183. The summed E-state index contributed by atoms with van der Waals surface area (Å²) in [4.78, 5) is 19.4. The van der Waals surface area contributed by atoms with Crippen molar-refractivity contribution in [3.05, 3.63) is 101 Å². The van der Waals surface area contributed by atoms with Crippen LogP contribution in [-0.4, -0.2) is 35.5 Å². The summed E-state index contributed by atoms with van der Waals surface area (Å²) in [6.45, 7) is 1.76. The molecule has 1 aliphatic heterocycles. The molecule has 29 heavy (non-hydrogen) atoms. The van der Waals surface area contributed by atoms with Gasteiger partial charge >= 0.3 is 0 Å². The van der Waals surface area contributed by atoms with Gasteiger partial charge in [0, 0.05) is 25.1 Å². The van der Waals surface area contributed by atoms with E-state index in [1.807, 2.05) is 59.5 Å². The summed E-state index contributed by atoms with van der Waals surface area (Å²) in [5, 5.41) is 0. The number of amides is 1. The Bertz CT molecular complexity index is 928. The molecule has 1 saturated heterocycles. The van der Waals surface area contributed by atoms with E-state index in [0.29, 0.717) is 26.1 Å². The second-order valence-corrected chi connectivity index (χ2v) is 7.40. The van der Waals surface area contributed by atoms with Crippen LogP contribution in [0.5, 0.6) is 0 Å². The number of morpholine rings is 1. The van der Waals surface area contributed by atoms with Crippen molar-refractivity contribution in [2.24, 2.45) is 0 Å². The van der Waals surface area contributed by atoms with Crippen molar-refractivity contribution in [3.8, 4) is 0 Å². The van der Waals surface area contributed by atoms with Crippen LogP contribution in [-0.2, 0) is 22.4 Å². The molecular weight excluding hydrogens is 360 g/mol. The van der Waals surface area contributed by atoms with Crippen LogP contribution in [0.2, 0.25) is 0 Å². The molecule has 3 aromatic rings. The third-order valence-corrected chi connectivity index (χ3v) is 5.28. The number of aromatic nitrogens is 1. The van der Waals surface area contributed by atoms with Gasteiger partial charge in [0.25, 0.3) is 0 Å². The minimum atomic E-state index is -0.167. The number of carbonyl (C=O) groups excluding carboxylic acids is 1. The van der Waals surface area contributed by atoms with Crippen molar-refractivity contribution < 1.29 is 9.53 Å². The van der Waals surface area contributed by atoms with Crippen LogP contribution in [0.25, 0.3) is 0 Å². The molecule has 1 atom stereocenters. The molecule has 148 valence electrons. The van der Waals surface area contributed by atoms with Gasteiger partial charge in [0.1, 0.15) is 6.10 Å². The average Bonchev–Trinajstić information content (AvgIpc) is 2.79. The predicted octanol–water partition coefficient (Wildman–Crippen LogP) is 4.21. The van der Waals surface area contributed by atoms with Crippen molar-refractivity contribution >= 4 is 5.91 Å². The first-order valence-corrected chi connectivity index (χ1v) is 10.2. The fourth-order valence-electron chi connectivity index (χ4n) is 3.69. The van der Waals surface area contributed by atoms with E-state index in [-0.39, 0.29) is 12.0 Å². The lowest BCUT2D eigenvalue weighted by Crippen LogP contribution is -2.42. The third kappa shape index (κ3) is 5.30. The van der Waals surface area contributed by atoms with Gasteiger partial charge in [-0.2, -0.15) is 0 Å². The summed E-state index contributed by atoms with van der Waals surface area (Å²) in [6, 6.07) is 26.6. The first-order chi connectivity index (χ1) is 14.3. The second kappa shape index (κ2) is 9.48. The molecule has 4 nitrogen and oxygen atoms in total. The maximum absolute atomic E-state index is 12.7. The van der Waals surface area contributed by atoms with Crippen LogP contribution in [0, 0.1) is 0 Å². The van der Waals surface area contributed by atoms with Crippen molar-refractivity contribution in [1.29, 1.82) is 0 Å². The lowest BCUT2D eigenvalue weighted by Gasteiger charge is -2.33. The molecule has 4 rings (SSSR count). The Labute approximate surface area is 172 Å². The van der Waals surface area contributed by atoms with E-state index in [1.54, 1.807) is 0 Å². The van der Waals surface area contributed by atoms with Gasteiger partial charge in [0.15, 0.2) is 0 Å². The smallest absolute Gasteiger partial charge is 0.223 e.